The number of anilines is 2. The molecule has 5 heteroatoms. The fraction of sp³-hybridized carbons (Fsp3) is 0.538. The summed E-state index contributed by atoms with van der Waals surface area (Å²) in [5.74, 6) is 0. The number of nitrogens with zero attached hydrogens (tertiary/aromatic N) is 1. The molecule has 0 aliphatic rings. The molecule has 4 nitrogen and oxygen atoms in total. The van der Waals surface area contributed by atoms with Gasteiger partial charge in [-0.1, -0.05) is 11.6 Å². The number of hydrogen-bond acceptors (Lipinski definition) is 4. The Hall–Kier alpha value is -0.970. The number of rotatable bonds is 8. The summed E-state index contributed by atoms with van der Waals surface area (Å²) in [6, 6.07) is 5.49. The second-order valence-electron chi connectivity index (χ2n) is 4.08. The number of methoxy groups -OCH3 is 1. The molecule has 1 aromatic carbocycles. The van der Waals surface area contributed by atoms with E-state index in [-0.39, 0.29) is 0 Å². The van der Waals surface area contributed by atoms with E-state index in [1.54, 1.807) is 13.2 Å². The Morgan fingerprint density at radius 2 is 2.06 bits per heavy atom. The molecular weight excluding hydrogens is 252 g/mol. The molecule has 0 aliphatic heterocycles. The Labute approximate surface area is 114 Å². The smallest absolute Gasteiger partial charge is 0.0700 e. The second kappa shape index (κ2) is 8.19. The van der Waals surface area contributed by atoms with Gasteiger partial charge in [-0.25, -0.2) is 0 Å². The van der Waals surface area contributed by atoms with Crippen LogP contribution >= 0.6 is 11.6 Å². The van der Waals surface area contributed by atoms with Gasteiger partial charge in [0.05, 0.1) is 24.6 Å². The van der Waals surface area contributed by atoms with E-state index in [2.05, 4.69) is 4.90 Å². The Balaban J connectivity index is 2.31. The molecule has 0 bridgehead atoms. The summed E-state index contributed by atoms with van der Waals surface area (Å²) in [6.07, 6.45) is 0.937. The molecular formula is C13H21ClN2O2. The highest BCUT2D eigenvalue weighted by atomic mass is 35.5. The van der Waals surface area contributed by atoms with Crippen LogP contribution in [0.5, 0.6) is 0 Å². The number of ether oxygens (including phenoxy) is 2. The average molecular weight is 273 g/mol. The number of halogens is 1. The lowest BCUT2D eigenvalue weighted by Gasteiger charge is -2.21. The fourth-order valence-corrected chi connectivity index (χ4v) is 1.78. The lowest BCUT2D eigenvalue weighted by atomic mass is 10.2. The minimum atomic E-state index is 0.636. The second-order valence-corrected chi connectivity index (χ2v) is 4.52. The van der Waals surface area contributed by atoms with Crippen LogP contribution in [0.4, 0.5) is 11.4 Å². The molecule has 0 unspecified atom stereocenters. The van der Waals surface area contributed by atoms with Crippen LogP contribution in [0.15, 0.2) is 18.2 Å². The zero-order valence-corrected chi connectivity index (χ0v) is 11.7. The van der Waals surface area contributed by atoms with Crippen LogP contribution in [0.1, 0.15) is 6.42 Å². The molecule has 18 heavy (non-hydrogen) atoms. The van der Waals surface area contributed by atoms with Crippen LogP contribution in [-0.2, 0) is 9.47 Å². The molecule has 2 N–H and O–H groups in total. The van der Waals surface area contributed by atoms with Gasteiger partial charge >= 0.3 is 0 Å². The Kier molecular flexibility index (Phi) is 6.86. The van der Waals surface area contributed by atoms with Crippen molar-refractivity contribution in [2.24, 2.45) is 0 Å². The zero-order chi connectivity index (χ0) is 13.4. The van der Waals surface area contributed by atoms with Gasteiger partial charge in [0.2, 0.25) is 0 Å². The predicted octanol–water partition coefficient (Wildman–Crippen LogP) is 2.41. The Bertz CT molecular complexity index is 361. The molecule has 0 atom stereocenters. The van der Waals surface area contributed by atoms with Gasteiger partial charge in [0, 0.05) is 32.3 Å². The molecule has 1 aromatic rings. The molecule has 0 saturated heterocycles. The summed E-state index contributed by atoms with van der Waals surface area (Å²) >= 11 is 5.96. The van der Waals surface area contributed by atoms with Gasteiger partial charge < -0.3 is 20.1 Å². The van der Waals surface area contributed by atoms with Crippen molar-refractivity contribution in [3.63, 3.8) is 0 Å². The van der Waals surface area contributed by atoms with Crippen LogP contribution in [0.3, 0.4) is 0 Å². The maximum atomic E-state index is 5.96. The first-order chi connectivity index (χ1) is 8.65. The van der Waals surface area contributed by atoms with E-state index in [9.17, 15) is 0 Å². The van der Waals surface area contributed by atoms with Crippen LogP contribution in [0.25, 0.3) is 0 Å². The summed E-state index contributed by atoms with van der Waals surface area (Å²) in [5, 5.41) is 0.697. The minimum absolute atomic E-state index is 0.636. The van der Waals surface area contributed by atoms with Crippen LogP contribution < -0.4 is 10.6 Å². The van der Waals surface area contributed by atoms with E-state index in [4.69, 9.17) is 26.8 Å². The van der Waals surface area contributed by atoms with E-state index in [1.165, 1.54) is 0 Å². The lowest BCUT2D eigenvalue weighted by Crippen LogP contribution is -2.21. The van der Waals surface area contributed by atoms with Crippen molar-refractivity contribution in [3.05, 3.63) is 23.2 Å². The summed E-state index contributed by atoms with van der Waals surface area (Å²) in [5.41, 5.74) is 7.61. The number of hydrogen-bond donors (Lipinski definition) is 1. The third-order valence-corrected chi connectivity index (χ3v) is 2.85. The molecule has 0 saturated carbocycles. The topological polar surface area (TPSA) is 47.7 Å². The Morgan fingerprint density at radius 3 is 2.78 bits per heavy atom. The van der Waals surface area contributed by atoms with E-state index < -0.39 is 0 Å². The van der Waals surface area contributed by atoms with E-state index >= 15 is 0 Å². The molecule has 0 aromatic heterocycles. The SMILES string of the molecule is COCCOCCCN(C)c1cc(Cl)ccc1N. The zero-order valence-electron chi connectivity index (χ0n) is 11.0. The molecule has 0 radical (unpaired) electrons. The molecule has 0 spiro atoms. The summed E-state index contributed by atoms with van der Waals surface area (Å²) < 4.78 is 10.3. The highest BCUT2D eigenvalue weighted by Gasteiger charge is 2.05. The van der Waals surface area contributed by atoms with Gasteiger partial charge in [-0.05, 0) is 24.6 Å². The van der Waals surface area contributed by atoms with Gasteiger partial charge in [-0.15, -0.1) is 0 Å². The summed E-state index contributed by atoms with van der Waals surface area (Å²) in [7, 11) is 3.66. The van der Waals surface area contributed by atoms with Crippen LogP contribution in [-0.4, -0.2) is 40.5 Å². The summed E-state index contributed by atoms with van der Waals surface area (Å²) in [6.45, 7) is 2.86. The van der Waals surface area contributed by atoms with E-state index in [0.29, 0.717) is 24.8 Å². The van der Waals surface area contributed by atoms with Crippen LogP contribution in [0, 0.1) is 0 Å². The quantitative estimate of drug-likeness (QED) is 0.583. The largest absolute Gasteiger partial charge is 0.397 e. The molecule has 0 fully saturated rings. The third kappa shape index (κ3) is 5.12. The van der Waals surface area contributed by atoms with Gasteiger partial charge in [-0.2, -0.15) is 0 Å². The third-order valence-electron chi connectivity index (χ3n) is 2.62. The van der Waals surface area contributed by atoms with Crippen molar-refractivity contribution in [2.45, 2.75) is 6.42 Å². The normalized spacial score (nSPS) is 10.6. The van der Waals surface area contributed by atoms with Gasteiger partial charge in [-0.3, -0.25) is 0 Å². The van der Waals surface area contributed by atoms with Crippen molar-refractivity contribution in [3.8, 4) is 0 Å². The van der Waals surface area contributed by atoms with E-state index in [1.807, 2.05) is 19.2 Å². The fourth-order valence-electron chi connectivity index (χ4n) is 1.62. The van der Waals surface area contributed by atoms with Crippen LogP contribution in [0.2, 0.25) is 5.02 Å². The molecule has 0 amide bonds. The van der Waals surface area contributed by atoms with Gasteiger partial charge in [0.25, 0.3) is 0 Å². The molecule has 0 heterocycles. The van der Waals surface area contributed by atoms with Crippen molar-refractivity contribution in [1.29, 1.82) is 0 Å². The monoisotopic (exact) mass is 272 g/mol. The maximum Gasteiger partial charge on any atom is 0.0700 e. The average Bonchev–Trinajstić information content (AvgIpc) is 2.36. The number of nitrogens with two attached hydrogens (primary N) is 1. The predicted molar refractivity (Wildman–Crippen MR) is 76.4 cm³/mol. The highest BCUT2D eigenvalue weighted by molar-refractivity contribution is 6.31. The first-order valence-corrected chi connectivity index (χ1v) is 6.35. The molecule has 0 aliphatic carbocycles. The van der Waals surface area contributed by atoms with Crippen molar-refractivity contribution < 1.29 is 9.47 Å². The Morgan fingerprint density at radius 1 is 1.28 bits per heavy atom. The maximum absolute atomic E-state index is 5.96. The molecule has 102 valence electrons. The minimum Gasteiger partial charge on any atom is -0.397 e. The van der Waals surface area contributed by atoms with E-state index in [0.717, 1.165) is 24.3 Å². The molecule has 1 rings (SSSR count). The van der Waals surface area contributed by atoms with Gasteiger partial charge in [0.15, 0.2) is 0 Å². The van der Waals surface area contributed by atoms with Gasteiger partial charge in [0.1, 0.15) is 0 Å². The summed E-state index contributed by atoms with van der Waals surface area (Å²) in [4.78, 5) is 2.08. The number of benzene rings is 1. The number of nitrogen functional groups attached to an aromatic ring is 1. The lowest BCUT2D eigenvalue weighted by molar-refractivity contribution is 0.0701. The highest BCUT2D eigenvalue weighted by Crippen LogP contribution is 2.25. The van der Waals surface area contributed by atoms with Crippen molar-refractivity contribution in [1.82, 2.24) is 0 Å². The van der Waals surface area contributed by atoms with Crippen molar-refractivity contribution in [2.75, 3.05) is 51.2 Å². The standard InChI is InChI=1S/C13H21ClN2O2/c1-16(6-3-7-18-9-8-17-2)13-10-11(14)4-5-12(13)15/h4-5,10H,3,6-9,15H2,1-2H3. The first kappa shape index (κ1) is 15.1. The van der Waals surface area contributed by atoms with Crippen molar-refractivity contribution >= 4 is 23.0 Å². The first-order valence-electron chi connectivity index (χ1n) is 5.98.